The normalized spacial score (nSPS) is 14.4. The maximum absolute atomic E-state index is 13.3. The maximum Gasteiger partial charge on any atom is 0.417 e. The molecule has 9 heteroatoms. The van der Waals surface area contributed by atoms with Gasteiger partial charge in [0.25, 0.3) is 5.91 Å². The molecule has 1 amide bonds. The van der Waals surface area contributed by atoms with Gasteiger partial charge in [0, 0.05) is 26.2 Å². The zero-order valence-corrected chi connectivity index (χ0v) is 17.9. The topological polar surface area (TPSA) is 75.3 Å². The Morgan fingerprint density at radius 2 is 1.58 bits per heavy atom. The number of nitrogens with two attached hydrogens (primary N) is 1. The van der Waals surface area contributed by atoms with E-state index in [2.05, 4.69) is 22.3 Å². The molecule has 33 heavy (non-hydrogen) atoms. The molecule has 0 aliphatic carbocycles. The standard InChI is InChI=1S/C24H24F3N5O/c25-24(26,27)20-9-5-4-8-19(20)23(33)32-14-12-31(13-15-32)22-21(28)16-18(29-30-22)11-10-17-6-2-1-3-7-17/h1-9,16H,10-15H2,(H2,28,29). The molecule has 2 heterocycles. The Morgan fingerprint density at radius 1 is 0.909 bits per heavy atom. The average Bonchev–Trinajstić information content (AvgIpc) is 2.83. The van der Waals surface area contributed by atoms with Gasteiger partial charge < -0.3 is 15.5 Å². The zero-order chi connectivity index (χ0) is 23.4. The smallest absolute Gasteiger partial charge is 0.396 e. The maximum atomic E-state index is 13.3. The largest absolute Gasteiger partial charge is 0.417 e. The van der Waals surface area contributed by atoms with Gasteiger partial charge in [-0.25, -0.2) is 0 Å². The van der Waals surface area contributed by atoms with E-state index in [9.17, 15) is 18.0 Å². The van der Waals surface area contributed by atoms with E-state index < -0.39 is 17.6 Å². The molecule has 1 fully saturated rings. The Morgan fingerprint density at radius 3 is 2.24 bits per heavy atom. The number of carbonyl (C=O) groups is 1. The van der Waals surface area contributed by atoms with Gasteiger partial charge >= 0.3 is 6.18 Å². The van der Waals surface area contributed by atoms with Gasteiger partial charge in [-0.1, -0.05) is 42.5 Å². The molecule has 0 unspecified atom stereocenters. The molecule has 0 saturated carbocycles. The van der Waals surface area contributed by atoms with E-state index in [1.165, 1.54) is 28.7 Å². The molecule has 0 bridgehead atoms. The van der Waals surface area contributed by atoms with Crippen molar-refractivity contribution in [3.8, 4) is 0 Å². The summed E-state index contributed by atoms with van der Waals surface area (Å²) in [5, 5.41) is 8.58. The lowest BCUT2D eigenvalue weighted by atomic mass is 10.1. The second kappa shape index (κ2) is 9.48. The molecular weight excluding hydrogens is 431 g/mol. The molecule has 1 aromatic heterocycles. The lowest BCUT2D eigenvalue weighted by molar-refractivity contribution is -0.138. The molecule has 0 spiro atoms. The van der Waals surface area contributed by atoms with Crippen LogP contribution in [-0.2, 0) is 19.0 Å². The van der Waals surface area contributed by atoms with Gasteiger partial charge in [-0.15, -0.1) is 5.10 Å². The first kappa shape index (κ1) is 22.6. The number of hydrogen-bond donors (Lipinski definition) is 1. The minimum absolute atomic E-state index is 0.266. The van der Waals surface area contributed by atoms with Crippen LogP contribution in [0.25, 0.3) is 0 Å². The molecule has 172 valence electrons. The van der Waals surface area contributed by atoms with Crippen LogP contribution in [-0.4, -0.2) is 47.2 Å². The highest BCUT2D eigenvalue weighted by atomic mass is 19.4. The third-order valence-corrected chi connectivity index (χ3v) is 5.70. The summed E-state index contributed by atoms with van der Waals surface area (Å²) >= 11 is 0. The van der Waals surface area contributed by atoms with E-state index in [0.29, 0.717) is 31.0 Å². The van der Waals surface area contributed by atoms with Crippen LogP contribution < -0.4 is 10.6 Å². The van der Waals surface area contributed by atoms with Crippen LogP contribution in [0, 0.1) is 0 Å². The van der Waals surface area contributed by atoms with E-state index >= 15 is 0 Å². The summed E-state index contributed by atoms with van der Waals surface area (Å²) in [6.07, 6.45) is -3.04. The van der Waals surface area contributed by atoms with E-state index in [0.717, 1.165) is 18.2 Å². The first-order valence-electron chi connectivity index (χ1n) is 10.7. The van der Waals surface area contributed by atoms with E-state index in [4.69, 9.17) is 5.73 Å². The summed E-state index contributed by atoms with van der Waals surface area (Å²) in [6.45, 7) is 1.34. The number of piperazine rings is 1. The number of nitrogen functional groups attached to an aromatic ring is 1. The first-order chi connectivity index (χ1) is 15.8. The monoisotopic (exact) mass is 455 g/mol. The van der Waals surface area contributed by atoms with E-state index in [1.54, 1.807) is 0 Å². The fourth-order valence-corrected chi connectivity index (χ4v) is 3.94. The number of amides is 1. The van der Waals surface area contributed by atoms with Crippen LogP contribution in [0.15, 0.2) is 60.7 Å². The lowest BCUT2D eigenvalue weighted by Crippen LogP contribution is -2.49. The van der Waals surface area contributed by atoms with Crippen molar-refractivity contribution in [2.24, 2.45) is 0 Å². The number of aryl methyl sites for hydroxylation is 2. The molecule has 1 aliphatic heterocycles. The summed E-state index contributed by atoms with van der Waals surface area (Å²) < 4.78 is 39.8. The Bertz CT molecular complexity index is 1110. The van der Waals surface area contributed by atoms with Crippen molar-refractivity contribution in [1.82, 2.24) is 15.1 Å². The van der Waals surface area contributed by atoms with Crippen LogP contribution in [0.4, 0.5) is 24.7 Å². The number of anilines is 2. The van der Waals surface area contributed by atoms with Gasteiger partial charge in [-0.2, -0.15) is 18.3 Å². The van der Waals surface area contributed by atoms with Crippen LogP contribution in [0.1, 0.15) is 27.2 Å². The predicted molar refractivity (Wildman–Crippen MR) is 120 cm³/mol. The molecule has 2 aromatic carbocycles. The minimum atomic E-state index is -4.58. The Hall–Kier alpha value is -3.62. The first-order valence-corrected chi connectivity index (χ1v) is 10.7. The number of alkyl halides is 3. The number of aromatic nitrogens is 2. The molecular formula is C24H24F3N5O. The molecule has 1 saturated heterocycles. The number of rotatable bonds is 5. The molecule has 3 aromatic rings. The fourth-order valence-electron chi connectivity index (χ4n) is 3.94. The molecule has 1 aliphatic rings. The van der Waals surface area contributed by atoms with Gasteiger partial charge in [-0.3, -0.25) is 4.79 Å². The number of carbonyl (C=O) groups excluding carboxylic acids is 1. The summed E-state index contributed by atoms with van der Waals surface area (Å²) in [5.41, 5.74) is 7.46. The SMILES string of the molecule is Nc1cc(CCc2ccccc2)nnc1N1CCN(C(=O)c2ccccc2C(F)(F)F)CC1. The van der Waals surface area contributed by atoms with Crippen molar-refractivity contribution >= 4 is 17.4 Å². The third kappa shape index (κ3) is 5.24. The molecule has 0 radical (unpaired) electrons. The highest BCUT2D eigenvalue weighted by Gasteiger charge is 2.36. The van der Waals surface area contributed by atoms with Gasteiger partial charge in [0.05, 0.1) is 22.5 Å². The van der Waals surface area contributed by atoms with Crippen molar-refractivity contribution in [3.05, 3.63) is 83.0 Å². The highest BCUT2D eigenvalue weighted by molar-refractivity contribution is 5.96. The van der Waals surface area contributed by atoms with Crippen molar-refractivity contribution in [2.75, 3.05) is 36.8 Å². The van der Waals surface area contributed by atoms with Crippen molar-refractivity contribution in [2.45, 2.75) is 19.0 Å². The van der Waals surface area contributed by atoms with Gasteiger partial charge in [0.2, 0.25) is 0 Å². The Kier molecular flexibility index (Phi) is 6.48. The van der Waals surface area contributed by atoms with Crippen molar-refractivity contribution in [3.63, 3.8) is 0 Å². The van der Waals surface area contributed by atoms with E-state index in [-0.39, 0.29) is 18.7 Å². The lowest BCUT2D eigenvalue weighted by Gasteiger charge is -2.36. The quantitative estimate of drug-likeness (QED) is 0.633. The van der Waals surface area contributed by atoms with E-state index in [1.807, 2.05) is 29.2 Å². The number of hydrogen-bond acceptors (Lipinski definition) is 5. The summed E-state index contributed by atoms with van der Waals surface area (Å²) in [4.78, 5) is 16.1. The summed E-state index contributed by atoms with van der Waals surface area (Å²) in [7, 11) is 0. The highest BCUT2D eigenvalue weighted by Crippen LogP contribution is 2.32. The Balaban J connectivity index is 1.38. The second-order valence-electron chi connectivity index (χ2n) is 7.92. The zero-order valence-electron chi connectivity index (χ0n) is 17.9. The van der Waals surface area contributed by atoms with Crippen molar-refractivity contribution < 1.29 is 18.0 Å². The van der Waals surface area contributed by atoms with Gasteiger partial charge in [0.15, 0.2) is 5.82 Å². The third-order valence-electron chi connectivity index (χ3n) is 5.70. The fraction of sp³-hybridized carbons (Fsp3) is 0.292. The Labute approximate surface area is 189 Å². The second-order valence-corrected chi connectivity index (χ2v) is 7.92. The number of halogens is 3. The predicted octanol–water partition coefficient (Wildman–Crippen LogP) is 3.83. The average molecular weight is 455 g/mol. The summed E-state index contributed by atoms with van der Waals surface area (Å²) in [6, 6.07) is 16.7. The van der Waals surface area contributed by atoms with Crippen LogP contribution >= 0.6 is 0 Å². The summed E-state index contributed by atoms with van der Waals surface area (Å²) in [5.74, 6) is -0.0980. The molecule has 0 atom stereocenters. The van der Waals surface area contributed by atoms with Crippen LogP contribution in [0.2, 0.25) is 0 Å². The van der Waals surface area contributed by atoms with Gasteiger partial charge in [-0.05, 0) is 36.6 Å². The molecule has 2 N–H and O–H groups in total. The van der Waals surface area contributed by atoms with Gasteiger partial charge in [0.1, 0.15) is 0 Å². The molecule has 6 nitrogen and oxygen atoms in total. The minimum Gasteiger partial charge on any atom is -0.396 e. The van der Waals surface area contributed by atoms with Crippen LogP contribution in [0.3, 0.4) is 0 Å². The number of benzene rings is 2. The number of nitrogens with zero attached hydrogens (tertiary/aromatic N) is 4. The van der Waals surface area contributed by atoms with Crippen LogP contribution in [0.5, 0.6) is 0 Å². The molecule has 4 rings (SSSR count). The van der Waals surface area contributed by atoms with Crippen molar-refractivity contribution in [1.29, 1.82) is 0 Å².